The molecule has 0 saturated heterocycles. The molecule has 0 atom stereocenters. The molecular weight excluding hydrogens is 500 g/mol. The van der Waals surface area contributed by atoms with E-state index in [4.69, 9.17) is 4.98 Å². The first-order valence-electron chi connectivity index (χ1n) is 12.7. The molecule has 6 heterocycles. The van der Waals surface area contributed by atoms with Crippen LogP contribution in [0.2, 0.25) is 0 Å². The van der Waals surface area contributed by atoms with Gasteiger partial charge in [-0.3, -0.25) is 24.8 Å². The van der Waals surface area contributed by atoms with Crippen LogP contribution >= 0.6 is 0 Å². The first-order valence-corrected chi connectivity index (χ1v) is 12.7. The molecule has 40 heavy (non-hydrogen) atoms. The van der Waals surface area contributed by atoms with Crippen LogP contribution in [0.15, 0.2) is 104 Å². The number of hydrogen-bond acceptors (Lipinski definition) is 6. The molecule has 1 aromatic carbocycles. The van der Waals surface area contributed by atoms with E-state index < -0.39 is 0 Å². The fourth-order valence-electron chi connectivity index (χ4n) is 4.80. The molecule has 0 aliphatic heterocycles. The summed E-state index contributed by atoms with van der Waals surface area (Å²) in [5.74, 6) is -0.106. The van der Waals surface area contributed by atoms with E-state index in [0.29, 0.717) is 11.4 Å². The number of aromatic nitrogens is 7. The third-order valence-electron chi connectivity index (χ3n) is 6.69. The topological polar surface area (TPSA) is 125 Å². The smallest absolute Gasteiger partial charge is 0.228 e. The van der Waals surface area contributed by atoms with E-state index in [2.05, 4.69) is 35.5 Å². The van der Waals surface area contributed by atoms with Crippen LogP contribution in [-0.4, -0.2) is 41.0 Å². The second-order valence-corrected chi connectivity index (χ2v) is 9.38. The van der Waals surface area contributed by atoms with Gasteiger partial charge in [0.1, 0.15) is 11.2 Å². The Balaban J connectivity index is 1.21. The van der Waals surface area contributed by atoms with Gasteiger partial charge in [0.2, 0.25) is 5.91 Å². The van der Waals surface area contributed by atoms with Crippen LogP contribution in [0.3, 0.4) is 0 Å². The first-order chi connectivity index (χ1) is 19.7. The maximum Gasteiger partial charge on any atom is 0.228 e. The van der Waals surface area contributed by atoms with Crippen LogP contribution in [0.1, 0.15) is 5.56 Å². The number of amides is 1. The molecule has 192 valence electrons. The van der Waals surface area contributed by atoms with Gasteiger partial charge in [0.15, 0.2) is 0 Å². The van der Waals surface area contributed by atoms with Crippen LogP contribution in [0.25, 0.3) is 55.8 Å². The molecule has 0 aliphatic carbocycles. The van der Waals surface area contributed by atoms with Crippen molar-refractivity contribution < 1.29 is 4.79 Å². The summed E-state index contributed by atoms with van der Waals surface area (Å²) in [5.41, 5.74) is 8.93. The number of H-pyrrole nitrogens is 2. The van der Waals surface area contributed by atoms with Gasteiger partial charge in [0.05, 0.1) is 40.9 Å². The minimum Gasteiger partial charge on any atom is -0.353 e. The molecule has 0 saturated carbocycles. The molecule has 3 N–H and O–H groups in total. The predicted octanol–water partition coefficient (Wildman–Crippen LogP) is 5.81. The molecule has 9 nitrogen and oxygen atoms in total. The number of carbonyl (C=O) groups is 1. The van der Waals surface area contributed by atoms with Gasteiger partial charge < -0.3 is 10.3 Å². The van der Waals surface area contributed by atoms with Gasteiger partial charge in [0.25, 0.3) is 0 Å². The monoisotopic (exact) mass is 522 g/mol. The van der Waals surface area contributed by atoms with Crippen molar-refractivity contribution in [2.24, 2.45) is 0 Å². The molecule has 1 amide bonds. The Bertz CT molecular complexity index is 1980. The molecule has 0 radical (unpaired) electrons. The van der Waals surface area contributed by atoms with Crippen LogP contribution in [0.5, 0.6) is 0 Å². The molecule has 0 fully saturated rings. The van der Waals surface area contributed by atoms with Crippen LogP contribution in [0, 0.1) is 0 Å². The van der Waals surface area contributed by atoms with E-state index in [0.717, 1.165) is 55.7 Å². The van der Waals surface area contributed by atoms with Gasteiger partial charge in [-0.05, 0) is 48.0 Å². The van der Waals surface area contributed by atoms with Crippen LogP contribution in [-0.2, 0) is 11.2 Å². The molecule has 7 rings (SSSR count). The minimum absolute atomic E-state index is 0.106. The van der Waals surface area contributed by atoms with Crippen LogP contribution in [0.4, 0.5) is 5.69 Å². The highest BCUT2D eigenvalue weighted by molar-refractivity contribution is 5.99. The average molecular weight is 523 g/mol. The second kappa shape index (κ2) is 9.88. The van der Waals surface area contributed by atoms with Gasteiger partial charge >= 0.3 is 0 Å². The number of fused-ring (bicyclic) bond motifs is 2. The third kappa shape index (κ3) is 4.45. The molecular formula is C31H22N8O. The van der Waals surface area contributed by atoms with Crippen molar-refractivity contribution in [2.45, 2.75) is 6.42 Å². The minimum atomic E-state index is -0.106. The van der Waals surface area contributed by atoms with Gasteiger partial charge in [-0.2, -0.15) is 5.10 Å². The van der Waals surface area contributed by atoms with E-state index in [1.807, 2.05) is 72.8 Å². The van der Waals surface area contributed by atoms with Crippen molar-refractivity contribution in [3.8, 4) is 33.9 Å². The van der Waals surface area contributed by atoms with Gasteiger partial charge in [-0.25, -0.2) is 4.98 Å². The quantitative estimate of drug-likeness (QED) is 0.253. The van der Waals surface area contributed by atoms with Crippen LogP contribution < -0.4 is 5.32 Å². The summed E-state index contributed by atoms with van der Waals surface area (Å²) in [5, 5.41) is 11.6. The lowest BCUT2D eigenvalue weighted by Crippen LogP contribution is -2.14. The van der Waals surface area contributed by atoms with Crippen molar-refractivity contribution >= 4 is 33.5 Å². The van der Waals surface area contributed by atoms with Crippen molar-refractivity contribution in [1.82, 2.24) is 35.1 Å². The number of nitrogens with one attached hydrogen (secondary N) is 3. The lowest BCUT2D eigenvalue weighted by Gasteiger charge is -2.07. The predicted molar refractivity (Wildman–Crippen MR) is 154 cm³/mol. The molecule has 0 aliphatic rings. The van der Waals surface area contributed by atoms with Crippen molar-refractivity contribution in [3.63, 3.8) is 0 Å². The number of benzene rings is 1. The maximum atomic E-state index is 12.6. The lowest BCUT2D eigenvalue weighted by molar-refractivity contribution is -0.115. The zero-order valence-corrected chi connectivity index (χ0v) is 21.2. The van der Waals surface area contributed by atoms with Crippen molar-refractivity contribution in [1.29, 1.82) is 0 Å². The molecule has 7 aromatic rings. The SMILES string of the molecule is O=C(Cc1ccccc1)Nc1cncc(-c2ccc3[nH]nc(-c4cc5c(-c6ccncc6)nccc5[nH]4)c3n2)c1. The Labute approximate surface area is 228 Å². The Morgan fingerprint density at radius 3 is 2.55 bits per heavy atom. The maximum absolute atomic E-state index is 12.6. The number of nitrogens with zero attached hydrogens (tertiary/aromatic N) is 5. The van der Waals surface area contributed by atoms with Gasteiger partial charge in [-0.1, -0.05) is 30.3 Å². The highest BCUT2D eigenvalue weighted by Gasteiger charge is 2.16. The van der Waals surface area contributed by atoms with Gasteiger partial charge in [0, 0.05) is 46.8 Å². The van der Waals surface area contributed by atoms with E-state index in [1.54, 1.807) is 31.0 Å². The third-order valence-corrected chi connectivity index (χ3v) is 6.69. The van der Waals surface area contributed by atoms with Crippen molar-refractivity contribution in [2.75, 3.05) is 5.32 Å². The zero-order chi connectivity index (χ0) is 26.9. The molecule has 9 heteroatoms. The highest BCUT2D eigenvalue weighted by atomic mass is 16.1. The standard InChI is InChI=1S/C31H22N8O/c40-28(14-19-4-2-1-3-5-19)35-22-15-21(17-33-18-22)24-6-7-26-30(37-24)31(39-38-26)27-16-23-25(36-27)10-13-34-29(23)20-8-11-32-12-9-20/h1-13,15-18,36H,14H2,(H,35,40)(H,38,39). The number of pyridine rings is 4. The Morgan fingerprint density at radius 1 is 0.800 bits per heavy atom. The summed E-state index contributed by atoms with van der Waals surface area (Å²) < 4.78 is 0. The Hall–Kier alpha value is -5.70. The number of rotatable bonds is 6. The summed E-state index contributed by atoms with van der Waals surface area (Å²) >= 11 is 0. The van der Waals surface area contributed by atoms with Crippen molar-refractivity contribution in [3.05, 3.63) is 109 Å². The average Bonchev–Trinajstić information content (AvgIpc) is 3.62. The van der Waals surface area contributed by atoms with E-state index in [1.165, 1.54) is 0 Å². The number of hydrogen-bond donors (Lipinski definition) is 3. The molecule has 0 spiro atoms. The highest BCUT2D eigenvalue weighted by Crippen LogP contribution is 2.33. The Morgan fingerprint density at radius 2 is 1.68 bits per heavy atom. The number of anilines is 1. The zero-order valence-electron chi connectivity index (χ0n) is 21.2. The second-order valence-electron chi connectivity index (χ2n) is 9.38. The molecule has 0 unspecified atom stereocenters. The summed E-state index contributed by atoms with van der Waals surface area (Å²) in [6, 6.07) is 23.2. The first kappa shape index (κ1) is 23.4. The summed E-state index contributed by atoms with van der Waals surface area (Å²) in [7, 11) is 0. The normalized spacial score (nSPS) is 11.2. The van der Waals surface area contributed by atoms with E-state index in [9.17, 15) is 4.79 Å². The summed E-state index contributed by atoms with van der Waals surface area (Å²) in [6.45, 7) is 0. The number of carbonyl (C=O) groups excluding carboxylic acids is 1. The van der Waals surface area contributed by atoms with E-state index >= 15 is 0 Å². The summed E-state index contributed by atoms with van der Waals surface area (Å²) in [4.78, 5) is 34.1. The number of aromatic amines is 2. The largest absolute Gasteiger partial charge is 0.353 e. The van der Waals surface area contributed by atoms with E-state index in [-0.39, 0.29) is 12.3 Å². The molecule has 0 bridgehead atoms. The molecule has 6 aromatic heterocycles. The fraction of sp³-hybridized carbons (Fsp3) is 0.0323. The fourth-order valence-corrected chi connectivity index (χ4v) is 4.80. The lowest BCUT2D eigenvalue weighted by atomic mass is 10.1. The van der Waals surface area contributed by atoms with Gasteiger partial charge in [-0.15, -0.1) is 0 Å². The Kier molecular flexibility index (Phi) is 5.78. The summed E-state index contributed by atoms with van der Waals surface area (Å²) in [6.07, 6.45) is 8.96.